The summed E-state index contributed by atoms with van der Waals surface area (Å²) in [5.74, 6) is 0. The molecule has 1 saturated heterocycles. The first-order valence-corrected chi connectivity index (χ1v) is 10.0. The average Bonchev–Trinajstić information content (AvgIpc) is 3.17. The molecule has 1 N–H and O–H groups in total. The molecule has 0 aromatic carbocycles. The van der Waals surface area contributed by atoms with Crippen LogP contribution < -0.4 is 0 Å². The normalized spacial score (nSPS) is 26.9. The highest BCUT2D eigenvalue weighted by molar-refractivity contribution is 7.12. The molecule has 2 aromatic heterocycles. The van der Waals surface area contributed by atoms with Crippen LogP contribution in [0.4, 0.5) is 0 Å². The van der Waals surface area contributed by atoms with Gasteiger partial charge in [0.1, 0.15) is 5.60 Å². The Balaban J connectivity index is 1.47. The Morgan fingerprint density at radius 2 is 2.36 bits per heavy atom. The summed E-state index contributed by atoms with van der Waals surface area (Å²) in [6, 6.07) is 2.83. The molecule has 2 aromatic rings. The number of fused-ring (bicyclic) bond motifs is 2. The maximum Gasteiger partial charge on any atom is 0.105 e. The predicted octanol–water partition coefficient (Wildman–Crippen LogP) is 2.70. The van der Waals surface area contributed by atoms with Gasteiger partial charge in [0.2, 0.25) is 0 Å². The lowest BCUT2D eigenvalue weighted by atomic mass is 9.82. The average molecular weight is 362 g/mol. The van der Waals surface area contributed by atoms with Gasteiger partial charge in [-0.2, -0.15) is 5.10 Å². The van der Waals surface area contributed by atoms with Gasteiger partial charge in [0.25, 0.3) is 0 Å². The van der Waals surface area contributed by atoms with Gasteiger partial charge in [0, 0.05) is 40.6 Å². The van der Waals surface area contributed by atoms with E-state index in [1.807, 2.05) is 28.4 Å². The van der Waals surface area contributed by atoms with Crippen LogP contribution in [0.1, 0.15) is 40.6 Å². The highest BCUT2D eigenvalue weighted by atomic mass is 32.1. The van der Waals surface area contributed by atoms with E-state index in [2.05, 4.69) is 29.9 Å². The standard InChI is InChI=1S/C19H27N3O2S/c1-14-10-19(18-17(3-8-24-19)9-15(2)25-18)4-5-21(14)12-16-11-20-22(13-16)6-7-23/h9,11,13-14,23H,3-8,10,12H2,1-2H3/t14-,19+/m0/s1. The van der Waals surface area contributed by atoms with Crippen LogP contribution in [0.2, 0.25) is 0 Å². The van der Waals surface area contributed by atoms with Gasteiger partial charge in [-0.05, 0) is 44.7 Å². The lowest BCUT2D eigenvalue weighted by Gasteiger charge is -2.47. The molecule has 1 spiro atoms. The van der Waals surface area contributed by atoms with E-state index in [9.17, 15) is 0 Å². The fourth-order valence-corrected chi connectivity index (χ4v) is 5.58. The number of rotatable bonds is 4. The molecule has 136 valence electrons. The Labute approximate surface area is 153 Å². The summed E-state index contributed by atoms with van der Waals surface area (Å²) in [5.41, 5.74) is 2.66. The zero-order valence-corrected chi connectivity index (χ0v) is 15.9. The Kier molecular flexibility index (Phi) is 4.71. The second kappa shape index (κ2) is 6.83. The molecule has 0 radical (unpaired) electrons. The van der Waals surface area contributed by atoms with E-state index in [4.69, 9.17) is 9.84 Å². The molecule has 0 saturated carbocycles. The van der Waals surface area contributed by atoms with Gasteiger partial charge in [-0.15, -0.1) is 11.3 Å². The molecule has 0 amide bonds. The van der Waals surface area contributed by atoms with Crippen molar-refractivity contribution in [2.24, 2.45) is 0 Å². The number of likely N-dealkylation sites (tertiary alicyclic amines) is 1. The summed E-state index contributed by atoms with van der Waals surface area (Å²) in [6.07, 6.45) is 7.15. The number of nitrogens with zero attached hydrogens (tertiary/aromatic N) is 3. The first-order chi connectivity index (χ1) is 12.1. The van der Waals surface area contributed by atoms with E-state index >= 15 is 0 Å². The van der Waals surface area contributed by atoms with E-state index in [1.54, 1.807) is 0 Å². The third kappa shape index (κ3) is 3.28. The summed E-state index contributed by atoms with van der Waals surface area (Å²) in [4.78, 5) is 5.42. The monoisotopic (exact) mass is 361 g/mol. The lowest BCUT2D eigenvalue weighted by Crippen LogP contribution is -2.49. The largest absolute Gasteiger partial charge is 0.394 e. The summed E-state index contributed by atoms with van der Waals surface area (Å²) in [6.45, 7) is 8.03. The van der Waals surface area contributed by atoms with Crippen LogP contribution in [0.15, 0.2) is 18.5 Å². The molecule has 1 fully saturated rings. The predicted molar refractivity (Wildman–Crippen MR) is 98.8 cm³/mol. The lowest BCUT2D eigenvalue weighted by molar-refractivity contribution is -0.110. The van der Waals surface area contributed by atoms with Crippen LogP contribution in [0.3, 0.4) is 0 Å². The molecular formula is C19H27N3O2S. The summed E-state index contributed by atoms with van der Waals surface area (Å²) in [7, 11) is 0. The van der Waals surface area contributed by atoms with Crippen molar-refractivity contribution in [2.75, 3.05) is 19.8 Å². The van der Waals surface area contributed by atoms with E-state index in [0.717, 1.165) is 39.0 Å². The summed E-state index contributed by atoms with van der Waals surface area (Å²) < 4.78 is 8.21. The van der Waals surface area contributed by atoms with Gasteiger partial charge in [-0.25, -0.2) is 0 Å². The maximum absolute atomic E-state index is 9.03. The van der Waals surface area contributed by atoms with Gasteiger partial charge < -0.3 is 9.84 Å². The second-order valence-electron chi connectivity index (χ2n) is 7.41. The minimum Gasteiger partial charge on any atom is -0.394 e. The van der Waals surface area contributed by atoms with Gasteiger partial charge >= 0.3 is 0 Å². The van der Waals surface area contributed by atoms with Crippen molar-refractivity contribution in [3.05, 3.63) is 39.3 Å². The van der Waals surface area contributed by atoms with Crippen LogP contribution >= 0.6 is 11.3 Å². The van der Waals surface area contributed by atoms with Gasteiger partial charge in [-0.1, -0.05) is 0 Å². The molecule has 2 aliphatic rings. The van der Waals surface area contributed by atoms with E-state index in [1.165, 1.54) is 20.9 Å². The van der Waals surface area contributed by atoms with Gasteiger partial charge in [0.15, 0.2) is 0 Å². The molecule has 2 aliphatic heterocycles. The number of hydrogen-bond acceptors (Lipinski definition) is 5. The minimum absolute atomic E-state index is 0.0660. The van der Waals surface area contributed by atoms with Crippen molar-refractivity contribution < 1.29 is 9.84 Å². The number of aliphatic hydroxyl groups excluding tert-OH is 1. The van der Waals surface area contributed by atoms with E-state index < -0.39 is 0 Å². The van der Waals surface area contributed by atoms with Crippen LogP contribution in [0, 0.1) is 6.92 Å². The SMILES string of the molecule is Cc1cc2c(s1)[C@]1(CCN(Cc3cnn(CCO)c3)[C@@H](C)C1)OCC2. The number of piperidine rings is 1. The molecular weight excluding hydrogens is 334 g/mol. The second-order valence-corrected chi connectivity index (χ2v) is 8.67. The summed E-state index contributed by atoms with van der Waals surface area (Å²) >= 11 is 1.93. The Morgan fingerprint density at radius 1 is 1.48 bits per heavy atom. The van der Waals surface area contributed by atoms with Crippen molar-refractivity contribution in [3.63, 3.8) is 0 Å². The Bertz CT molecular complexity index is 741. The quantitative estimate of drug-likeness (QED) is 0.910. The molecule has 6 heteroatoms. The van der Waals surface area contributed by atoms with Crippen LogP contribution in [0.5, 0.6) is 0 Å². The van der Waals surface area contributed by atoms with Gasteiger partial charge in [0.05, 0.1) is 26.0 Å². The fraction of sp³-hybridized carbons (Fsp3) is 0.632. The molecule has 5 nitrogen and oxygen atoms in total. The van der Waals surface area contributed by atoms with Gasteiger partial charge in [-0.3, -0.25) is 9.58 Å². The van der Waals surface area contributed by atoms with Crippen LogP contribution in [-0.4, -0.2) is 45.6 Å². The number of aryl methyl sites for hydroxylation is 1. The third-order valence-corrected chi connectivity index (χ3v) is 6.83. The topological polar surface area (TPSA) is 50.5 Å². The molecule has 0 aliphatic carbocycles. The minimum atomic E-state index is -0.0660. The van der Waals surface area contributed by atoms with Crippen molar-refractivity contribution in [2.45, 2.75) is 57.8 Å². The van der Waals surface area contributed by atoms with Crippen molar-refractivity contribution in [3.8, 4) is 0 Å². The van der Waals surface area contributed by atoms with Crippen molar-refractivity contribution in [1.29, 1.82) is 0 Å². The zero-order chi connectivity index (χ0) is 17.4. The number of aliphatic hydroxyl groups is 1. The Hall–Kier alpha value is -1.21. The molecule has 2 atom stereocenters. The first kappa shape index (κ1) is 17.2. The third-order valence-electron chi connectivity index (χ3n) is 5.55. The summed E-state index contributed by atoms with van der Waals surface area (Å²) in [5, 5.41) is 13.4. The Morgan fingerprint density at radius 3 is 3.16 bits per heavy atom. The van der Waals surface area contributed by atoms with E-state index in [0.29, 0.717) is 12.6 Å². The molecule has 0 unspecified atom stereocenters. The molecule has 0 bridgehead atoms. The molecule has 25 heavy (non-hydrogen) atoms. The first-order valence-electron chi connectivity index (χ1n) is 9.20. The number of hydrogen-bond donors (Lipinski definition) is 1. The van der Waals surface area contributed by atoms with Crippen molar-refractivity contribution in [1.82, 2.24) is 14.7 Å². The molecule has 4 heterocycles. The number of thiophene rings is 1. The maximum atomic E-state index is 9.03. The number of ether oxygens (including phenoxy) is 1. The number of aromatic nitrogens is 2. The van der Waals surface area contributed by atoms with E-state index in [-0.39, 0.29) is 12.2 Å². The molecule has 4 rings (SSSR count). The fourth-order valence-electron chi connectivity index (χ4n) is 4.33. The zero-order valence-electron chi connectivity index (χ0n) is 15.1. The van der Waals surface area contributed by atoms with Crippen LogP contribution in [-0.2, 0) is 29.8 Å². The highest BCUT2D eigenvalue weighted by Crippen LogP contribution is 2.46. The smallest absolute Gasteiger partial charge is 0.105 e. The van der Waals surface area contributed by atoms with Crippen molar-refractivity contribution >= 4 is 11.3 Å². The van der Waals surface area contributed by atoms with Crippen LogP contribution in [0.25, 0.3) is 0 Å². The highest BCUT2D eigenvalue weighted by Gasteiger charge is 2.44.